The number of aliphatic hydroxyl groups excluding tert-OH is 1. The molecule has 1 aliphatic rings. The van der Waals surface area contributed by atoms with Gasteiger partial charge in [-0.15, -0.1) is 0 Å². The van der Waals surface area contributed by atoms with Crippen LogP contribution in [-0.4, -0.2) is 69.3 Å². The van der Waals surface area contributed by atoms with Gasteiger partial charge in [0.2, 0.25) is 0 Å². The summed E-state index contributed by atoms with van der Waals surface area (Å²) in [7, 11) is 0. The van der Waals surface area contributed by atoms with Crippen LogP contribution < -0.4 is 0 Å². The Bertz CT molecular complexity index is 409. The second-order valence-electron chi connectivity index (χ2n) is 6.08. The molecule has 1 aromatic carbocycles. The van der Waals surface area contributed by atoms with Crippen molar-refractivity contribution < 1.29 is 19.3 Å². The first-order chi connectivity index (χ1) is 11.9. The average molecular weight is 337 g/mol. The van der Waals surface area contributed by atoms with Crippen molar-refractivity contribution in [3.05, 3.63) is 35.9 Å². The van der Waals surface area contributed by atoms with E-state index in [1.165, 1.54) is 32.4 Å². The summed E-state index contributed by atoms with van der Waals surface area (Å²) in [4.78, 5) is 2.47. The van der Waals surface area contributed by atoms with E-state index in [1.807, 2.05) is 30.3 Å². The summed E-state index contributed by atoms with van der Waals surface area (Å²) < 4.78 is 16.8. The molecule has 0 saturated carbocycles. The van der Waals surface area contributed by atoms with Gasteiger partial charge in [-0.2, -0.15) is 0 Å². The Labute approximate surface area is 145 Å². The minimum absolute atomic E-state index is 0.0242. The first-order valence-electron chi connectivity index (χ1n) is 9.05. The van der Waals surface area contributed by atoms with E-state index < -0.39 is 0 Å². The smallest absolute Gasteiger partial charge is 0.106 e. The second kappa shape index (κ2) is 12.4. The number of nitrogens with zero attached hydrogens (tertiary/aromatic N) is 1. The fourth-order valence-corrected chi connectivity index (χ4v) is 2.87. The molecule has 0 radical (unpaired) electrons. The first kappa shape index (κ1) is 19.3. The van der Waals surface area contributed by atoms with Crippen molar-refractivity contribution in [2.75, 3.05) is 59.3 Å². The molecule has 1 N–H and O–H groups in total. The molecule has 0 bridgehead atoms. The Morgan fingerprint density at radius 2 is 1.54 bits per heavy atom. The van der Waals surface area contributed by atoms with Crippen LogP contribution in [0.2, 0.25) is 0 Å². The monoisotopic (exact) mass is 337 g/mol. The van der Waals surface area contributed by atoms with Crippen LogP contribution in [-0.2, 0) is 14.2 Å². The Kier molecular flexibility index (Phi) is 9.99. The van der Waals surface area contributed by atoms with Gasteiger partial charge in [-0.1, -0.05) is 36.8 Å². The van der Waals surface area contributed by atoms with Crippen molar-refractivity contribution in [2.24, 2.45) is 0 Å². The maximum atomic E-state index is 9.40. The predicted octanol–water partition coefficient (Wildman–Crippen LogP) is 2.26. The topological polar surface area (TPSA) is 51.2 Å². The summed E-state index contributed by atoms with van der Waals surface area (Å²) >= 11 is 0. The summed E-state index contributed by atoms with van der Waals surface area (Å²) in [6.07, 6.45) is 3.73. The third-order valence-corrected chi connectivity index (χ3v) is 4.26. The van der Waals surface area contributed by atoms with Gasteiger partial charge in [-0.05, 0) is 31.5 Å². The Morgan fingerprint density at radius 3 is 2.25 bits per heavy atom. The lowest BCUT2D eigenvalue weighted by Gasteiger charge is -2.26. The zero-order valence-corrected chi connectivity index (χ0v) is 14.6. The van der Waals surface area contributed by atoms with Gasteiger partial charge in [0, 0.05) is 6.54 Å². The molecule has 0 spiro atoms. The summed E-state index contributed by atoms with van der Waals surface area (Å²) in [5.41, 5.74) is 0.987. The fourth-order valence-electron chi connectivity index (χ4n) is 2.87. The van der Waals surface area contributed by atoms with Crippen molar-refractivity contribution in [1.82, 2.24) is 4.90 Å². The van der Waals surface area contributed by atoms with Crippen molar-refractivity contribution in [3.8, 4) is 0 Å². The molecule has 1 aliphatic heterocycles. The van der Waals surface area contributed by atoms with Crippen molar-refractivity contribution in [3.63, 3.8) is 0 Å². The van der Waals surface area contributed by atoms with Crippen LogP contribution >= 0.6 is 0 Å². The van der Waals surface area contributed by atoms with Crippen molar-refractivity contribution in [2.45, 2.75) is 25.4 Å². The molecule has 0 aromatic heterocycles. The number of hydrogen-bond acceptors (Lipinski definition) is 5. The lowest BCUT2D eigenvalue weighted by atomic mass is 10.1. The number of hydrogen-bond donors (Lipinski definition) is 1. The highest BCUT2D eigenvalue weighted by Crippen LogP contribution is 2.15. The van der Waals surface area contributed by atoms with E-state index >= 15 is 0 Å². The quantitative estimate of drug-likeness (QED) is 0.593. The molecule has 1 fully saturated rings. The van der Waals surface area contributed by atoms with Gasteiger partial charge >= 0.3 is 0 Å². The predicted molar refractivity (Wildman–Crippen MR) is 94.1 cm³/mol. The maximum absolute atomic E-state index is 9.40. The van der Waals surface area contributed by atoms with Crippen LogP contribution in [0.3, 0.4) is 0 Å². The fraction of sp³-hybridized carbons (Fsp3) is 0.684. The molecule has 1 aromatic rings. The van der Waals surface area contributed by atoms with Gasteiger partial charge in [-0.25, -0.2) is 0 Å². The highest BCUT2D eigenvalue weighted by molar-refractivity contribution is 5.17. The molecule has 5 nitrogen and oxygen atoms in total. The zero-order chi connectivity index (χ0) is 16.9. The Morgan fingerprint density at radius 1 is 0.875 bits per heavy atom. The Balaban J connectivity index is 1.42. The Hall–Kier alpha value is -0.980. The van der Waals surface area contributed by atoms with Gasteiger partial charge in [0.25, 0.3) is 0 Å². The van der Waals surface area contributed by atoms with Gasteiger partial charge in [0.05, 0.1) is 39.6 Å². The minimum atomic E-state index is -0.282. The highest BCUT2D eigenvalue weighted by Gasteiger charge is 2.10. The third-order valence-electron chi connectivity index (χ3n) is 4.26. The SMILES string of the molecule is OCC(OCCOCCOCCN1CCCCC1)c1ccccc1. The highest BCUT2D eigenvalue weighted by atomic mass is 16.5. The molecule has 24 heavy (non-hydrogen) atoms. The van der Waals surface area contributed by atoms with Crippen LogP contribution in [0, 0.1) is 0 Å². The summed E-state index contributed by atoms with van der Waals surface area (Å²) in [5.74, 6) is 0. The molecule has 136 valence electrons. The van der Waals surface area contributed by atoms with E-state index in [0.717, 1.165) is 18.7 Å². The second-order valence-corrected chi connectivity index (χ2v) is 6.08. The number of piperidine rings is 1. The lowest BCUT2D eigenvalue weighted by Crippen LogP contribution is -2.32. The van der Waals surface area contributed by atoms with Crippen LogP contribution in [0.25, 0.3) is 0 Å². The van der Waals surface area contributed by atoms with Gasteiger partial charge in [0.15, 0.2) is 0 Å². The number of rotatable bonds is 12. The molecule has 0 aliphatic carbocycles. The van der Waals surface area contributed by atoms with Crippen LogP contribution in [0.1, 0.15) is 30.9 Å². The molecular weight excluding hydrogens is 306 g/mol. The molecule has 0 amide bonds. The lowest BCUT2D eigenvalue weighted by molar-refractivity contribution is -0.0308. The van der Waals surface area contributed by atoms with Gasteiger partial charge in [0.1, 0.15) is 6.10 Å². The third kappa shape index (κ3) is 7.73. The van der Waals surface area contributed by atoms with Crippen LogP contribution in [0.5, 0.6) is 0 Å². The van der Waals surface area contributed by atoms with Crippen LogP contribution in [0.15, 0.2) is 30.3 Å². The summed E-state index contributed by atoms with van der Waals surface area (Å²) in [6, 6.07) is 9.75. The van der Waals surface area contributed by atoms with E-state index in [-0.39, 0.29) is 12.7 Å². The van der Waals surface area contributed by atoms with E-state index in [2.05, 4.69) is 4.90 Å². The standard InChI is InChI=1S/C19H31NO4/c21-17-19(18-7-3-1-4-8-18)24-16-15-23-14-13-22-12-11-20-9-5-2-6-10-20/h1,3-4,7-8,19,21H,2,5-6,9-17H2. The number of benzene rings is 1. The van der Waals surface area contributed by atoms with E-state index in [1.54, 1.807) is 0 Å². The first-order valence-corrected chi connectivity index (χ1v) is 9.05. The van der Waals surface area contributed by atoms with E-state index in [4.69, 9.17) is 14.2 Å². The molecule has 2 rings (SSSR count). The van der Waals surface area contributed by atoms with Gasteiger partial charge in [-0.3, -0.25) is 0 Å². The van der Waals surface area contributed by atoms with Gasteiger partial charge < -0.3 is 24.2 Å². The summed E-state index contributed by atoms with van der Waals surface area (Å²) in [6.45, 7) is 6.39. The number of aliphatic hydroxyl groups is 1. The molecule has 1 atom stereocenters. The van der Waals surface area contributed by atoms with E-state index in [9.17, 15) is 5.11 Å². The molecular formula is C19H31NO4. The zero-order valence-electron chi connectivity index (χ0n) is 14.6. The molecule has 1 saturated heterocycles. The largest absolute Gasteiger partial charge is 0.393 e. The van der Waals surface area contributed by atoms with Crippen LogP contribution in [0.4, 0.5) is 0 Å². The average Bonchev–Trinajstić information content (AvgIpc) is 2.65. The number of likely N-dealkylation sites (tertiary alicyclic amines) is 1. The molecule has 1 heterocycles. The minimum Gasteiger partial charge on any atom is -0.393 e. The van der Waals surface area contributed by atoms with Crippen molar-refractivity contribution >= 4 is 0 Å². The van der Waals surface area contributed by atoms with E-state index in [0.29, 0.717) is 26.4 Å². The normalized spacial score (nSPS) is 17.0. The van der Waals surface area contributed by atoms with Crippen molar-refractivity contribution in [1.29, 1.82) is 0 Å². The maximum Gasteiger partial charge on any atom is 0.106 e. The number of ether oxygens (including phenoxy) is 3. The molecule has 1 unspecified atom stereocenters. The molecule has 5 heteroatoms. The summed E-state index contributed by atoms with van der Waals surface area (Å²) in [5, 5.41) is 9.40.